The van der Waals surface area contributed by atoms with Gasteiger partial charge in [0.15, 0.2) is 34.5 Å². The Morgan fingerprint density at radius 3 is 1.66 bits per heavy atom. The molecule has 1 unspecified atom stereocenters. The number of ketones is 2. The van der Waals surface area contributed by atoms with Crippen LogP contribution in [0.1, 0.15) is 101 Å². The molecule has 4 N–H and O–H groups in total. The SMILES string of the molecule is CCCS(=O)(=O)Nc1ccc(F)c(C(=O)Cc2cnc3n[nH]c(C4C[C@@H]4C)c3c2)c1F.O=C(Cc1cnc2n[nH]c(C3CC3)c2c1)c1c(F)ccc(NS(=O)(=O)CCCF)c1F. The Kier molecular flexibility index (Phi) is 12.8. The number of hydrogen-bond donors (Lipinski definition) is 4. The molecule has 0 spiro atoms. The Morgan fingerprint density at radius 1 is 0.742 bits per heavy atom. The van der Waals surface area contributed by atoms with Crippen molar-refractivity contribution in [3.63, 3.8) is 0 Å². The van der Waals surface area contributed by atoms with Crippen molar-refractivity contribution in [2.75, 3.05) is 27.6 Å². The third-order valence-corrected chi connectivity index (χ3v) is 13.3. The molecule has 2 aliphatic carbocycles. The number of hydrogen-bond acceptors (Lipinski definition) is 10. The highest BCUT2D eigenvalue weighted by molar-refractivity contribution is 7.92. The zero-order valence-electron chi connectivity index (χ0n) is 33.4. The number of carbonyl (C=O) groups is 2. The van der Waals surface area contributed by atoms with Crippen LogP contribution >= 0.6 is 0 Å². The van der Waals surface area contributed by atoms with E-state index < -0.39 is 89.8 Å². The molecule has 0 aliphatic heterocycles. The van der Waals surface area contributed by atoms with E-state index in [1.165, 1.54) is 12.4 Å². The van der Waals surface area contributed by atoms with Gasteiger partial charge in [-0.2, -0.15) is 10.2 Å². The highest BCUT2D eigenvalue weighted by Gasteiger charge is 2.37. The number of aromatic nitrogens is 6. The van der Waals surface area contributed by atoms with Gasteiger partial charge in [0.1, 0.15) is 11.6 Å². The van der Waals surface area contributed by atoms with Gasteiger partial charge in [-0.05, 0) is 85.5 Å². The summed E-state index contributed by atoms with van der Waals surface area (Å²) in [6, 6.07) is 7.02. The van der Waals surface area contributed by atoms with Crippen molar-refractivity contribution in [1.29, 1.82) is 0 Å². The van der Waals surface area contributed by atoms with E-state index >= 15 is 0 Å². The number of fused-ring (bicyclic) bond motifs is 2. The highest BCUT2D eigenvalue weighted by Crippen LogP contribution is 2.48. The van der Waals surface area contributed by atoms with Crippen LogP contribution in [-0.2, 0) is 32.9 Å². The normalized spacial score (nSPS) is 16.2. The maximum absolute atomic E-state index is 14.9. The average Bonchev–Trinajstić information content (AvgIpc) is 4.11. The van der Waals surface area contributed by atoms with Gasteiger partial charge in [0.2, 0.25) is 20.0 Å². The van der Waals surface area contributed by atoms with E-state index in [9.17, 15) is 48.4 Å². The van der Waals surface area contributed by atoms with Gasteiger partial charge < -0.3 is 0 Å². The quantitative estimate of drug-likeness (QED) is 0.0521. The van der Waals surface area contributed by atoms with Crippen molar-refractivity contribution >= 4 is 65.1 Å². The number of Topliss-reactive ketones (excluding diaryl/α,β-unsaturated/α-hetero) is 2. The Hall–Kier alpha value is -5.83. The Morgan fingerprint density at radius 2 is 1.21 bits per heavy atom. The van der Waals surface area contributed by atoms with Gasteiger partial charge in [0.05, 0.1) is 40.7 Å². The van der Waals surface area contributed by atoms with Gasteiger partial charge in [-0.1, -0.05) is 13.8 Å². The molecule has 2 saturated carbocycles. The Bertz CT molecular complexity index is 2920. The number of sulfonamides is 2. The topological polar surface area (TPSA) is 210 Å². The van der Waals surface area contributed by atoms with Crippen LogP contribution in [0.5, 0.6) is 0 Å². The number of H-pyrrole nitrogens is 2. The minimum Gasteiger partial charge on any atom is -0.294 e. The lowest BCUT2D eigenvalue weighted by molar-refractivity contribution is 0.0976. The van der Waals surface area contributed by atoms with E-state index in [0.717, 1.165) is 65.7 Å². The number of halogens is 5. The summed E-state index contributed by atoms with van der Waals surface area (Å²) in [6.45, 7) is 2.94. The summed E-state index contributed by atoms with van der Waals surface area (Å²) in [5, 5.41) is 15.8. The highest BCUT2D eigenvalue weighted by atomic mass is 32.2. The summed E-state index contributed by atoms with van der Waals surface area (Å²) in [5.74, 6) is -5.88. The fourth-order valence-electron chi connectivity index (χ4n) is 7.08. The second kappa shape index (κ2) is 17.9. The zero-order chi connectivity index (χ0) is 44.5. The average molecular weight is 901 g/mol. The van der Waals surface area contributed by atoms with Crippen LogP contribution in [-0.4, -0.2) is 76.9 Å². The molecule has 0 radical (unpaired) electrons. The number of pyridine rings is 2. The molecule has 8 rings (SSSR count). The van der Waals surface area contributed by atoms with Crippen LogP contribution < -0.4 is 9.44 Å². The van der Waals surface area contributed by atoms with Crippen LogP contribution in [0.3, 0.4) is 0 Å². The third-order valence-electron chi connectivity index (χ3n) is 10.5. The lowest BCUT2D eigenvalue weighted by atomic mass is 10.0. The Labute approximate surface area is 352 Å². The monoisotopic (exact) mass is 900 g/mol. The maximum Gasteiger partial charge on any atom is 0.232 e. The third kappa shape index (κ3) is 9.93. The molecule has 328 valence electrons. The van der Waals surface area contributed by atoms with Crippen molar-refractivity contribution in [3.05, 3.63) is 106 Å². The number of carbonyl (C=O) groups excluding carboxylic acids is 2. The van der Waals surface area contributed by atoms with Crippen molar-refractivity contribution in [1.82, 2.24) is 30.4 Å². The number of rotatable bonds is 17. The minimum atomic E-state index is -4.04. The van der Waals surface area contributed by atoms with Gasteiger partial charge >= 0.3 is 0 Å². The molecule has 14 nitrogen and oxygen atoms in total. The molecular weight excluding hydrogens is 860 g/mol. The first kappa shape index (κ1) is 44.2. The zero-order valence-corrected chi connectivity index (χ0v) is 35.0. The molecule has 6 aromatic rings. The fourth-order valence-corrected chi connectivity index (χ4v) is 9.29. The van der Waals surface area contributed by atoms with Crippen LogP contribution in [0.2, 0.25) is 0 Å². The standard InChI is InChI=1S/C21H22F2N4O3S.C20H19F3N4O3S/c1-3-6-31(29,30)27-16-5-4-15(22)18(19(16)23)17(28)9-12-8-14-20(13-7-11(13)2)25-26-21(14)24-10-12;21-6-1-7-31(29,30)27-15-5-4-14(22)17(18(15)23)16(28)9-11-8-13-19(12-2-3-12)25-26-20(13)24-10-11/h4-5,8,10-11,13,27H,3,6-7,9H2,1-2H3,(H,24,25,26);4-5,8,10,12,27H,1-3,6-7,9H2,(H,24,25,26)/t11-,13?;/m0./s1. The summed E-state index contributed by atoms with van der Waals surface area (Å²) in [7, 11) is -7.84. The smallest absolute Gasteiger partial charge is 0.232 e. The predicted molar refractivity (Wildman–Crippen MR) is 221 cm³/mol. The van der Waals surface area contributed by atoms with Crippen LogP contribution in [0, 0.1) is 29.2 Å². The fraction of sp³-hybridized carbons (Fsp3) is 0.366. The van der Waals surface area contributed by atoms with Crippen LogP contribution in [0.25, 0.3) is 22.1 Å². The van der Waals surface area contributed by atoms with Crippen molar-refractivity contribution in [3.8, 4) is 0 Å². The van der Waals surface area contributed by atoms with E-state index in [-0.39, 0.29) is 25.0 Å². The van der Waals surface area contributed by atoms with Gasteiger partial charge in [-0.3, -0.25) is 33.6 Å². The molecule has 2 aliphatic rings. The second-order valence-corrected chi connectivity index (χ2v) is 19.1. The lowest BCUT2D eigenvalue weighted by Crippen LogP contribution is -2.19. The molecule has 0 amide bonds. The number of anilines is 2. The molecule has 2 atom stereocenters. The first-order valence-electron chi connectivity index (χ1n) is 19.7. The minimum absolute atomic E-state index is 0.217. The molecule has 4 aromatic heterocycles. The first-order valence-corrected chi connectivity index (χ1v) is 23.0. The van der Waals surface area contributed by atoms with Crippen LogP contribution in [0.15, 0.2) is 48.8 Å². The number of nitrogens with zero attached hydrogens (tertiary/aromatic N) is 4. The molecule has 4 heterocycles. The first-order chi connectivity index (χ1) is 29.5. The largest absolute Gasteiger partial charge is 0.294 e. The van der Waals surface area contributed by atoms with Crippen molar-refractivity contribution < 1.29 is 48.4 Å². The van der Waals surface area contributed by atoms with Crippen molar-refractivity contribution in [2.45, 2.75) is 70.6 Å². The molecule has 2 fully saturated rings. The molecule has 62 heavy (non-hydrogen) atoms. The number of nitrogens with one attached hydrogen (secondary N) is 4. The van der Waals surface area contributed by atoms with E-state index in [2.05, 4.69) is 42.0 Å². The van der Waals surface area contributed by atoms with E-state index in [1.807, 2.05) is 4.72 Å². The molecule has 0 bridgehead atoms. The van der Waals surface area contributed by atoms with Gasteiger partial charge in [-0.25, -0.2) is 44.4 Å². The lowest BCUT2D eigenvalue weighted by Gasteiger charge is -2.11. The molecule has 0 saturated heterocycles. The van der Waals surface area contributed by atoms with Crippen LogP contribution in [0.4, 0.5) is 33.3 Å². The number of aromatic amines is 2. The van der Waals surface area contributed by atoms with E-state index in [4.69, 9.17) is 0 Å². The predicted octanol–water partition coefficient (Wildman–Crippen LogP) is 7.58. The number of alkyl halides is 1. The summed E-state index contributed by atoms with van der Waals surface area (Å²) >= 11 is 0. The Balaban J connectivity index is 0.000000186. The summed E-state index contributed by atoms with van der Waals surface area (Å²) in [4.78, 5) is 33.9. The van der Waals surface area contributed by atoms with Gasteiger partial charge in [-0.15, -0.1) is 0 Å². The molecule has 2 aromatic carbocycles. The number of benzene rings is 2. The second-order valence-electron chi connectivity index (χ2n) is 15.4. The summed E-state index contributed by atoms with van der Waals surface area (Å²) in [6.07, 6.45) is 5.41. The molecule has 21 heteroatoms. The van der Waals surface area contributed by atoms with E-state index in [0.29, 0.717) is 46.6 Å². The summed E-state index contributed by atoms with van der Waals surface area (Å²) < 4.78 is 122. The van der Waals surface area contributed by atoms with Gasteiger partial charge in [0.25, 0.3) is 0 Å². The van der Waals surface area contributed by atoms with Crippen molar-refractivity contribution in [2.24, 2.45) is 5.92 Å². The van der Waals surface area contributed by atoms with Gasteiger partial charge in [0, 0.05) is 59.2 Å². The maximum atomic E-state index is 14.9. The van der Waals surface area contributed by atoms with E-state index in [1.54, 1.807) is 19.1 Å². The molecular formula is C41H41F5N8O6S2. The summed E-state index contributed by atoms with van der Waals surface area (Å²) in [5.41, 5.74) is 1.20.